The van der Waals surface area contributed by atoms with Crippen LogP contribution in [-0.2, 0) is 0 Å². The standard InChI is InChI=1S/C29H25ClN2O/c1-3-15-33-28-14-10-22(30)17-21(28)18-31-23-11-8-20(9-12-23)29-25-6-4-5-24(25)26-16-19(2)7-13-27(26)32-29/h1,4-5,7-14,16-18,24-25,29,32H,6,15H2,2H3/t24-,25-,29+/m1/s1. The van der Waals surface area contributed by atoms with Crippen molar-refractivity contribution < 1.29 is 4.74 Å². The van der Waals surface area contributed by atoms with Crippen LogP contribution in [0.2, 0.25) is 5.02 Å². The van der Waals surface area contributed by atoms with E-state index in [9.17, 15) is 0 Å². The average Bonchev–Trinajstić information content (AvgIpc) is 3.32. The van der Waals surface area contributed by atoms with Crippen LogP contribution in [0.5, 0.6) is 5.75 Å². The first-order valence-electron chi connectivity index (χ1n) is 11.2. The molecule has 0 fully saturated rings. The minimum atomic E-state index is 0.200. The van der Waals surface area contributed by atoms with E-state index >= 15 is 0 Å². The van der Waals surface area contributed by atoms with Crippen LogP contribution < -0.4 is 10.1 Å². The molecule has 5 rings (SSSR count). The predicted octanol–water partition coefficient (Wildman–Crippen LogP) is 7.24. The third kappa shape index (κ3) is 4.40. The lowest BCUT2D eigenvalue weighted by molar-refractivity contribution is 0.370. The summed E-state index contributed by atoms with van der Waals surface area (Å²) in [6, 6.07) is 20.9. The summed E-state index contributed by atoms with van der Waals surface area (Å²) >= 11 is 6.16. The lowest BCUT2D eigenvalue weighted by Crippen LogP contribution is -2.29. The highest BCUT2D eigenvalue weighted by Crippen LogP contribution is 2.50. The molecule has 0 unspecified atom stereocenters. The van der Waals surface area contributed by atoms with Crippen molar-refractivity contribution >= 4 is 29.2 Å². The van der Waals surface area contributed by atoms with E-state index in [4.69, 9.17) is 22.8 Å². The van der Waals surface area contributed by atoms with Crippen LogP contribution in [-0.4, -0.2) is 12.8 Å². The fourth-order valence-corrected chi connectivity index (χ4v) is 5.01. The Morgan fingerprint density at radius 3 is 2.82 bits per heavy atom. The molecule has 1 aliphatic carbocycles. The molecule has 3 aromatic rings. The number of aryl methyl sites for hydroxylation is 1. The maximum absolute atomic E-state index is 6.16. The summed E-state index contributed by atoms with van der Waals surface area (Å²) in [6.07, 6.45) is 12.9. The maximum atomic E-state index is 6.16. The van der Waals surface area contributed by atoms with Gasteiger partial charge in [0.1, 0.15) is 12.4 Å². The monoisotopic (exact) mass is 452 g/mol. The molecule has 0 spiro atoms. The number of nitrogens with one attached hydrogen (secondary N) is 1. The van der Waals surface area contributed by atoms with E-state index in [1.807, 2.05) is 12.1 Å². The molecule has 3 aromatic carbocycles. The van der Waals surface area contributed by atoms with Gasteiger partial charge in [0.05, 0.1) is 11.7 Å². The average molecular weight is 453 g/mol. The number of hydrogen-bond donors (Lipinski definition) is 1. The number of fused-ring (bicyclic) bond motifs is 3. The summed E-state index contributed by atoms with van der Waals surface area (Å²) in [5.74, 6) is 4.14. The van der Waals surface area contributed by atoms with Gasteiger partial charge in [0.25, 0.3) is 0 Å². The molecule has 0 saturated carbocycles. The fraction of sp³-hybridized carbons (Fsp3) is 0.207. The van der Waals surface area contributed by atoms with E-state index in [2.05, 4.69) is 77.8 Å². The number of aliphatic imine (C=N–C) groups is 1. The van der Waals surface area contributed by atoms with Gasteiger partial charge >= 0.3 is 0 Å². The second-order valence-corrected chi connectivity index (χ2v) is 9.03. The quantitative estimate of drug-likeness (QED) is 0.251. The van der Waals surface area contributed by atoms with Crippen molar-refractivity contribution in [1.29, 1.82) is 0 Å². The zero-order valence-corrected chi connectivity index (χ0v) is 19.2. The molecular weight excluding hydrogens is 428 g/mol. The molecule has 33 heavy (non-hydrogen) atoms. The lowest BCUT2D eigenvalue weighted by Gasteiger charge is -2.37. The van der Waals surface area contributed by atoms with Crippen LogP contribution in [0.3, 0.4) is 0 Å². The third-order valence-electron chi connectivity index (χ3n) is 6.41. The number of ether oxygens (including phenoxy) is 1. The first kappa shape index (κ1) is 21.4. The number of anilines is 1. The second-order valence-electron chi connectivity index (χ2n) is 8.59. The summed E-state index contributed by atoms with van der Waals surface area (Å²) in [6.45, 7) is 2.36. The van der Waals surface area contributed by atoms with Crippen molar-refractivity contribution in [2.75, 3.05) is 11.9 Å². The smallest absolute Gasteiger partial charge is 0.148 e. The largest absolute Gasteiger partial charge is 0.480 e. The molecule has 2 aliphatic rings. The summed E-state index contributed by atoms with van der Waals surface area (Å²) in [5.41, 5.74) is 6.90. The van der Waals surface area contributed by atoms with Crippen molar-refractivity contribution in [2.24, 2.45) is 10.9 Å². The van der Waals surface area contributed by atoms with Crippen LogP contribution >= 0.6 is 11.6 Å². The van der Waals surface area contributed by atoms with E-state index in [1.54, 1.807) is 12.3 Å². The van der Waals surface area contributed by atoms with E-state index in [1.165, 1.54) is 22.4 Å². The number of benzene rings is 3. The zero-order chi connectivity index (χ0) is 22.8. The Balaban J connectivity index is 1.37. The first-order valence-corrected chi connectivity index (χ1v) is 11.5. The van der Waals surface area contributed by atoms with Gasteiger partial charge in [0, 0.05) is 28.4 Å². The minimum absolute atomic E-state index is 0.200. The molecule has 3 nitrogen and oxygen atoms in total. The molecule has 3 atom stereocenters. The molecule has 0 amide bonds. The van der Waals surface area contributed by atoms with E-state index in [-0.39, 0.29) is 12.6 Å². The number of rotatable bonds is 5. The van der Waals surface area contributed by atoms with Crippen LogP contribution in [0.15, 0.2) is 77.8 Å². The van der Waals surface area contributed by atoms with E-state index in [0.717, 1.165) is 17.7 Å². The van der Waals surface area contributed by atoms with E-state index in [0.29, 0.717) is 22.6 Å². The minimum Gasteiger partial charge on any atom is -0.480 e. The van der Waals surface area contributed by atoms with Gasteiger partial charge in [-0.1, -0.05) is 59.5 Å². The fourth-order valence-electron chi connectivity index (χ4n) is 4.83. The van der Waals surface area contributed by atoms with Crippen molar-refractivity contribution in [2.45, 2.75) is 25.3 Å². The third-order valence-corrected chi connectivity index (χ3v) is 6.64. The number of nitrogens with zero attached hydrogens (tertiary/aromatic N) is 1. The van der Waals surface area contributed by atoms with Crippen LogP contribution in [0.25, 0.3) is 0 Å². The molecule has 0 radical (unpaired) electrons. The van der Waals surface area contributed by atoms with Gasteiger partial charge in [-0.2, -0.15) is 0 Å². The number of hydrogen-bond acceptors (Lipinski definition) is 3. The highest BCUT2D eigenvalue weighted by molar-refractivity contribution is 6.30. The molecule has 0 aromatic heterocycles. The Bertz CT molecular complexity index is 1270. The molecule has 4 heteroatoms. The van der Waals surface area contributed by atoms with Crippen LogP contribution in [0.1, 0.15) is 40.6 Å². The van der Waals surface area contributed by atoms with Gasteiger partial charge in [0.15, 0.2) is 0 Å². The Morgan fingerprint density at radius 2 is 2.00 bits per heavy atom. The summed E-state index contributed by atoms with van der Waals surface area (Å²) in [7, 11) is 0. The summed E-state index contributed by atoms with van der Waals surface area (Å²) in [4.78, 5) is 4.64. The SMILES string of the molecule is C#CCOc1ccc(Cl)cc1C=Nc1ccc([C@@H]2Nc3ccc(C)cc3[C@@H]3C=CC[C@H]32)cc1. The summed E-state index contributed by atoms with van der Waals surface area (Å²) < 4.78 is 5.60. The number of halogens is 1. The summed E-state index contributed by atoms with van der Waals surface area (Å²) in [5, 5.41) is 4.42. The Hall–Kier alpha value is -3.48. The Labute approximate surface area is 200 Å². The lowest BCUT2D eigenvalue weighted by atomic mass is 9.76. The topological polar surface area (TPSA) is 33.6 Å². The van der Waals surface area contributed by atoms with E-state index < -0.39 is 0 Å². The first-order chi connectivity index (χ1) is 16.1. The molecule has 1 aliphatic heterocycles. The molecule has 0 bridgehead atoms. The predicted molar refractivity (Wildman–Crippen MR) is 137 cm³/mol. The van der Waals surface area contributed by atoms with Gasteiger partial charge in [-0.3, -0.25) is 4.99 Å². The molecular formula is C29H25ClN2O. The van der Waals surface area contributed by atoms with Gasteiger partial charge in [-0.15, -0.1) is 6.42 Å². The zero-order valence-electron chi connectivity index (χ0n) is 18.5. The second kappa shape index (κ2) is 9.17. The van der Waals surface area contributed by atoms with Crippen molar-refractivity contribution in [3.8, 4) is 18.1 Å². The highest BCUT2D eigenvalue weighted by Gasteiger charge is 2.37. The molecule has 164 valence electrons. The molecule has 1 heterocycles. The van der Waals surface area contributed by atoms with Gasteiger partial charge < -0.3 is 10.1 Å². The van der Waals surface area contributed by atoms with Crippen molar-refractivity contribution in [3.05, 3.63) is 100 Å². The van der Waals surface area contributed by atoms with Crippen LogP contribution in [0, 0.1) is 25.2 Å². The van der Waals surface area contributed by atoms with Crippen molar-refractivity contribution in [3.63, 3.8) is 0 Å². The van der Waals surface area contributed by atoms with Gasteiger partial charge in [-0.05, 0) is 66.8 Å². The van der Waals surface area contributed by atoms with Crippen molar-refractivity contribution in [1.82, 2.24) is 0 Å². The molecule has 0 saturated heterocycles. The van der Waals surface area contributed by atoms with Gasteiger partial charge in [-0.25, -0.2) is 0 Å². The van der Waals surface area contributed by atoms with Crippen LogP contribution in [0.4, 0.5) is 11.4 Å². The molecule has 1 N–H and O–H groups in total. The highest BCUT2D eigenvalue weighted by atomic mass is 35.5. The Kier molecular flexibility index (Phi) is 5.94. The van der Waals surface area contributed by atoms with Gasteiger partial charge in [0.2, 0.25) is 0 Å². The maximum Gasteiger partial charge on any atom is 0.148 e. The Morgan fingerprint density at radius 1 is 1.15 bits per heavy atom. The number of terminal acetylenes is 1. The number of allylic oxidation sites excluding steroid dienone is 2. The normalized spacial score (nSPS) is 20.7.